The number of hydrogen-bond donors (Lipinski definition) is 2. The molecule has 1 fully saturated rings. The van der Waals surface area contributed by atoms with Gasteiger partial charge in [-0.1, -0.05) is 6.07 Å². The summed E-state index contributed by atoms with van der Waals surface area (Å²) in [7, 11) is 0. The first-order valence-corrected chi connectivity index (χ1v) is 6.10. The Morgan fingerprint density at radius 1 is 1.39 bits per heavy atom. The Hall–Kier alpha value is -2.04. The number of amides is 2. The molecule has 1 atom stereocenters. The van der Waals surface area contributed by atoms with Crippen LogP contribution in [0.4, 0.5) is 5.69 Å². The highest BCUT2D eigenvalue weighted by molar-refractivity contribution is 5.99. The molecule has 94 valence electrons. The predicted molar refractivity (Wildman–Crippen MR) is 66.8 cm³/mol. The van der Waals surface area contributed by atoms with Crippen molar-refractivity contribution < 1.29 is 9.59 Å². The van der Waals surface area contributed by atoms with Crippen molar-refractivity contribution in [3.63, 3.8) is 0 Å². The molecule has 0 spiro atoms. The van der Waals surface area contributed by atoms with Crippen LogP contribution in [0, 0.1) is 0 Å². The summed E-state index contributed by atoms with van der Waals surface area (Å²) >= 11 is 0. The second-order valence-corrected chi connectivity index (χ2v) is 4.91. The molecular weight excluding hydrogens is 230 g/mol. The fraction of sp³-hybridized carbons (Fsp3) is 0.385. The van der Waals surface area contributed by atoms with Gasteiger partial charge in [-0.3, -0.25) is 9.59 Å². The van der Waals surface area contributed by atoms with Gasteiger partial charge in [0.05, 0.1) is 0 Å². The van der Waals surface area contributed by atoms with Crippen molar-refractivity contribution in [3.05, 3.63) is 29.3 Å². The second kappa shape index (κ2) is 4.01. The lowest BCUT2D eigenvalue weighted by atomic mass is 10.1. The topological polar surface area (TPSA) is 75.4 Å². The summed E-state index contributed by atoms with van der Waals surface area (Å²) in [5.41, 5.74) is 8.01. The van der Waals surface area contributed by atoms with Crippen LogP contribution in [0.3, 0.4) is 0 Å². The number of nitrogens with two attached hydrogens (primary N) is 1. The minimum atomic E-state index is 0.0125. The summed E-state index contributed by atoms with van der Waals surface area (Å²) in [5.74, 6) is 0.0897. The van der Waals surface area contributed by atoms with E-state index < -0.39 is 0 Å². The van der Waals surface area contributed by atoms with Crippen LogP contribution >= 0.6 is 0 Å². The standard InChI is InChI=1S/C13H15N3O2/c14-9-2-1-8-6-16(13(18)11(8)5-9)7-10-3-4-12(17)15-10/h1-2,5,10H,3-4,6-7,14H2,(H,15,17). The van der Waals surface area contributed by atoms with Gasteiger partial charge in [0.2, 0.25) is 5.91 Å². The molecule has 1 unspecified atom stereocenters. The van der Waals surface area contributed by atoms with Crippen molar-refractivity contribution >= 4 is 17.5 Å². The maximum absolute atomic E-state index is 12.2. The van der Waals surface area contributed by atoms with Gasteiger partial charge in [0.15, 0.2) is 0 Å². The lowest BCUT2D eigenvalue weighted by molar-refractivity contribution is -0.119. The van der Waals surface area contributed by atoms with Crippen LogP contribution in [0.5, 0.6) is 0 Å². The first kappa shape index (κ1) is 11.1. The lowest BCUT2D eigenvalue weighted by Crippen LogP contribution is -2.38. The molecule has 3 N–H and O–H groups in total. The van der Waals surface area contributed by atoms with Crippen LogP contribution in [0.25, 0.3) is 0 Å². The van der Waals surface area contributed by atoms with Crippen molar-refractivity contribution in [1.82, 2.24) is 10.2 Å². The molecular formula is C13H15N3O2. The Balaban J connectivity index is 1.74. The van der Waals surface area contributed by atoms with Crippen LogP contribution in [0.2, 0.25) is 0 Å². The Labute approximate surface area is 105 Å². The summed E-state index contributed by atoms with van der Waals surface area (Å²) in [6, 6.07) is 5.53. The Morgan fingerprint density at radius 2 is 2.22 bits per heavy atom. The van der Waals surface area contributed by atoms with E-state index in [-0.39, 0.29) is 17.9 Å². The zero-order chi connectivity index (χ0) is 12.7. The van der Waals surface area contributed by atoms with Crippen molar-refractivity contribution in [2.75, 3.05) is 12.3 Å². The molecule has 5 heteroatoms. The van der Waals surface area contributed by atoms with Gasteiger partial charge in [-0.05, 0) is 24.1 Å². The molecule has 1 saturated heterocycles. The van der Waals surface area contributed by atoms with Crippen molar-refractivity contribution in [2.45, 2.75) is 25.4 Å². The zero-order valence-corrected chi connectivity index (χ0v) is 9.98. The zero-order valence-electron chi connectivity index (χ0n) is 9.98. The van der Waals surface area contributed by atoms with E-state index in [1.807, 2.05) is 12.1 Å². The molecule has 0 saturated carbocycles. The first-order chi connectivity index (χ1) is 8.63. The van der Waals surface area contributed by atoms with Crippen LogP contribution < -0.4 is 11.1 Å². The molecule has 1 aromatic carbocycles. The van der Waals surface area contributed by atoms with Crippen LogP contribution in [-0.2, 0) is 11.3 Å². The van der Waals surface area contributed by atoms with Crippen LogP contribution in [0.1, 0.15) is 28.8 Å². The number of hydrogen-bond acceptors (Lipinski definition) is 3. The maximum Gasteiger partial charge on any atom is 0.254 e. The smallest absolute Gasteiger partial charge is 0.254 e. The van der Waals surface area contributed by atoms with E-state index in [4.69, 9.17) is 5.73 Å². The van der Waals surface area contributed by atoms with E-state index in [1.165, 1.54) is 0 Å². The summed E-state index contributed by atoms with van der Waals surface area (Å²) in [4.78, 5) is 25.1. The molecule has 5 nitrogen and oxygen atoms in total. The minimum Gasteiger partial charge on any atom is -0.399 e. The molecule has 3 rings (SSSR count). The summed E-state index contributed by atoms with van der Waals surface area (Å²) in [6.45, 7) is 1.19. The maximum atomic E-state index is 12.2. The van der Waals surface area contributed by atoms with Crippen molar-refractivity contribution in [1.29, 1.82) is 0 Å². The molecule has 0 aromatic heterocycles. The third kappa shape index (κ3) is 1.81. The first-order valence-electron chi connectivity index (χ1n) is 6.10. The monoisotopic (exact) mass is 245 g/mol. The van der Waals surface area contributed by atoms with Gasteiger partial charge in [-0.15, -0.1) is 0 Å². The number of nitrogens with one attached hydrogen (secondary N) is 1. The predicted octanol–water partition coefficient (Wildman–Crippen LogP) is 0.503. The average Bonchev–Trinajstić information content (AvgIpc) is 2.86. The van der Waals surface area contributed by atoms with Gasteiger partial charge in [0.1, 0.15) is 0 Å². The number of carbonyl (C=O) groups excluding carboxylic acids is 2. The summed E-state index contributed by atoms with van der Waals surface area (Å²) < 4.78 is 0. The van der Waals surface area contributed by atoms with Gasteiger partial charge in [-0.2, -0.15) is 0 Å². The average molecular weight is 245 g/mol. The third-order valence-electron chi connectivity index (χ3n) is 3.54. The molecule has 0 radical (unpaired) electrons. The molecule has 1 aromatic rings. The number of nitrogen functional groups attached to an aromatic ring is 1. The number of benzene rings is 1. The van der Waals surface area contributed by atoms with E-state index in [0.717, 1.165) is 12.0 Å². The Kier molecular flexibility index (Phi) is 2.47. The highest BCUT2D eigenvalue weighted by atomic mass is 16.2. The SMILES string of the molecule is Nc1ccc2c(c1)C(=O)N(CC1CCC(=O)N1)C2. The third-order valence-corrected chi connectivity index (χ3v) is 3.54. The van der Waals surface area contributed by atoms with Crippen molar-refractivity contribution in [3.8, 4) is 0 Å². The quantitative estimate of drug-likeness (QED) is 0.745. The Morgan fingerprint density at radius 3 is 2.94 bits per heavy atom. The lowest BCUT2D eigenvalue weighted by Gasteiger charge is -2.20. The molecule has 2 amide bonds. The molecule has 2 aliphatic rings. The fourth-order valence-electron chi connectivity index (χ4n) is 2.61. The largest absolute Gasteiger partial charge is 0.399 e. The normalized spacial score (nSPS) is 22.2. The van der Waals surface area contributed by atoms with E-state index in [2.05, 4.69) is 5.32 Å². The molecule has 2 heterocycles. The molecule has 0 aliphatic carbocycles. The van der Waals surface area contributed by atoms with Crippen LogP contribution in [-0.4, -0.2) is 29.3 Å². The number of nitrogens with zero attached hydrogens (tertiary/aromatic N) is 1. The number of fused-ring (bicyclic) bond motifs is 1. The fourth-order valence-corrected chi connectivity index (χ4v) is 2.61. The van der Waals surface area contributed by atoms with Gasteiger partial charge in [0, 0.05) is 36.8 Å². The van der Waals surface area contributed by atoms with Gasteiger partial charge in [0.25, 0.3) is 5.91 Å². The molecule has 0 bridgehead atoms. The van der Waals surface area contributed by atoms with E-state index in [0.29, 0.717) is 30.8 Å². The molecule has 2 aliphatic heterocycles. The second-order valence-electron chi connectivity index (χ2n) is 4.91. The van der Waals surface area contributed by atoms with E-state index >= 15 is 0 Å². The minimum absolute atomic E-state index is 0.0125. The van der Waals surface area contributed by atoms with E-state index in [9.17, 15) is 9.59 Å². The Bertz CT molecular complexity index is 527. The number of rotatable bonds is 2. The highest BCUT2D eigenvalue weighted by Gasteiger charge is 2.31. The highest BCUT2D eigenvalue weighted by Crippen LogP contribution is 2.25. The number of carbonyl (C=O) groups is 2. The number of anilines is 1. The summed E-state index contributed by atoms with van der Waals surface area (Å²) in [6.07, 6.45) is 1.37. The van der Waals surface area contributed by atoms with E-state index in [1.54, 1.807) is 11.0 Å². The van der Waals surface area contributed by atoms with Crippen LogP contribution in [0.15, 0.2) is 18.2 Å². The van der Waals surface area contributed by atoms with Crippen molar-refractivity contribution in [2.24, 2.45) is 0 Å². The molecule has 18 heavy (non-hydrogen) atoms. The summed E-state index contributed by atoms with van der Waals surface area (Å²) in [5, 5.41) is 2.88. The van der Waals surface area contributed by atoms with Gasteiger partial charge < -0.3 is 16.0 Å². The van der Waals surface area contributed by atoms with Gasteiger partial charge in [-0.25, -0.2) is 0 Å². The van der Waals surface area contributed by atoms with Gasteiger partial charge >= 0.3 is 0 Å².